The second-order valence-corrected chi connectivity index (χ2v) is 8.24. The third-order valence-corrected chi connectivity index (χ3v) is 5.62. The lowest BCUT2D eigenvalue weighted by atomic mass is 9.78. The summed E-state index contributed by atoms with van der Waals surface area (Å²) in [6.07, 6.45) is 0. The monoisotopic (exact) mass is 462 g/mol. The zero-order chi connectivity index (χ0) is 24.7. The molecule has 0 saturated heterocycles. The molecule has 0 fully saturated rings. The lowest BCUT2D eigenvalue weighted by Gasteiger charge is -2.26. The van der Waals surface area contributed by atoms with E-state index in [-0.39, 0.29) is 5.41 Å². The first-order valence-corrected chi connectivity index (χ1v) is 10.8. The van der Waals surface area contributed by atoms with Crippen molar-refractivity contribution in [1.82, 2.24) is 0 Å². The quantitative estimate of drug-likeness (QED) is 0.147. The Kier molecular flexibility index (Phi) is 6.88. The van der Waals surface area contributed by atoms with Crippen LogP contribution in [0.1, 0.15) is 25.0 Å². The summed E-state index contributed by atoms with van der Waals surface area (Å²) in [6, 6.07) is 29.9. The molecule has 35 heavy (non-hydrogen) atoms. The highest BCUT2D eigenvalue weighted by atomic mass is 16.5. The second kappa shape index (κ2) is 10.4. The zero-order valence-electron chi connectivity index (χ0n) is 19.2. The van der Waals surface area contributed by atoms with Gasteiger partial charge in [0.2, 0.25) is 0 Å². The normalized spacial score (nSPS) is 10.6. The molecule has 0 aliphatic carbocycles. The van der Waals surface area contributed by atoms with Crippen LogP contribution in [0.15, 0.2) is 107 Å². The van der Waals surface area contributed by atoms with Crippen molar-refractivity contribution in [2.24, 2.45) is 10.2 Å². The Bertz CT molecular complexity index is 1280. The molecule has 0 unspecified atom stereocenters. The highest BCUT2D eigenvalue weighted by Crippen LogP contribution is 2.35. The Morgan fingerprint density at radius 3 is 1.09 bits per heavy atom. The van der Waals surface area contributed by atoms with Gasteiger partial charge in [0.15, 0.2) is 0 Å². The van der Waals surface area contributed by atoms with Crippen molar-refractivity contribution in [3.63, 3.8) is 0 Å². The minimum absolute atomic E-state index is 0.231. The number of rotatable bonds is 8. The van der Waals surface area contributed by atoms with Gasteiger partial charge in [0.25, 0.3) is 0 Å². The molecule has 8 nitrogen and oxygen atoms in total. The van der Waals surface area contributed by atoms with Gasteiger partial charge in [-0.25, -0.2) is 0 Å². The van der Waals surface area contributed by atoms with Crippen molar-refractivity contribution in [2.45, 2.75) is 19.3 Å². The summed E-state index contributed by atoms with van der Waals surface area (Å²) >= 11 is 0. The second-order valence-electron chi connectivity index (χ2n) is 8.24. The van der Waals surface area contributed by atoms with Gasteiger partial charge in [-0.2, -0.15) is 0 Å². The van der Waals surface area contributed by atoms with Crippen molar-refractivity contribution in [3.05, 3.63) is 129 Å². The molecule has 4 aromatic rings. The van der Waals surface area contributed by atoms with Crippen LogP contribution in [0.4, 0.5) is 11.4 Å². The number of hydrogen-bond donors (Lipinski definition) is 0. The molecular formula is C27H22N6O2. The van der Waals surface area contributed by atoms with Crippen molar-refractivity contribution in [2.75, 3.05) is 0 Å². The first-order valence-electron chi connectivity index (χ1n) is 10.8. The van der Waals surface area contributed by atoms with Gasteiger partial charge in [-0.15, -0.1) is 0 Å². The maximum Gasteiger partial charge on any atom is 0.127 e. The molecular weight excluding hydrogens is 440 g/mol. The van der Waals surface area contributed by atoms with E-state index in [0.29, 0.717) is 22.9 Å². The van der Waals surface area contributed by atoms with Crippen molar-refractivity contribution >= 4 is 11.4 Å². The van der Waals surface area contributed by atoms with Gasteiger partial charge in [0.1, 0.15) is 23.0 Å². The average Bonchev–Trinajstić information content (AvgIpc) is 2.87. The van der Waals surface area contributed by atoms with Gasteiger partial charge in [-0.05, 0) is 95.0 Å². The van der Waals surface area contributed by atoms with E-state index in [2.05, 4.69) is 58.2 Å². The number of benzene rings is 4. The van der Waals surface area contributed by atoms with Crippen LogP contribution < -0.4 is 9.47 Å². The summed E-state index contributed by atoms with van der Waals surface area (Å²) in [6.45, 7) is 4.34. The summed E-state index contributed by atoms with van der Waals surface area (Å²) in [5.41, 5.74) is 20.1. The number of nitrogens with zero attached hydrogens (tertiary/aromatic N) is 6. The number of azide groups is 2. The van der Waals surface area contributed by atoms with Crippen LogP contribution in [0.3, 0.4) is 0 Å². The maximum absolute atomic E-state index is 8.50. The highest BCUT2D eigenvalue weighted by molar-refractivity contribution is 5.46. The summed E-state index contributed by atoms with van der Waals surface area (Å²) in [5.74, 6) is 2.77. The van der Waals surface area contributed by atoms with E-state index in [4.69, 9.17) is 20.5 Å². The van der Waals surface area contributed by atoms with E-state index in [1.54, 1.807) is 48.5 Å². The zero-order valence-corrected chi connectivity index (χ0v) is 19.2. The van der Waals surface area contributed by atoms with Gasteiger partial charge in [0.05, 0.1) is 0 Å². The van der Waals surface area contributed by atoms with Crippen molar-refractivity contribution in [3.8, 4) is 23.0 Å². The minimum Gasteiger partial charge on any atom is -0.457 e. The van der Waals surface area contributed by atoms with Crippen LogP contribution in [-0.2, 0) is 5.41 Å². The summed E-state index contributed by atoms with van der Waals surface area (Å²) in [7, 11) is 0. The van der Waals surface area contributed by atoms with Gasteiger partial charge in [-0.1, -0.05) is 48.3 Å². The van der Waals surface area contributed by atoms with E-state index < -0.39 is 0 Å². The minimum atomic E-state index is -0.231. The van der Waals surface area contributed by atoms with Gasteiger partial charge >= 0.3 is 0 Å². The predicted molar refractivity (Wildman–Crippen MR) is 136 cm³/mol. The Hall–Kier alpha value is -4.90. The lowest BCUT2D eigenvalue weighted by Crippen LogP contribution is -2.18. The largest absolute Gasteiger partial charge is 0.457 e. The molecule has 0 aromatic heterocycles. The Morgan fingerprint density at radius 1 is 0.514 bits per heavy atom. The first-order chi connectivity index (χ1) is 17.0. The molecule has 4 aromatic carbocycles. The fraction of sp³-hybridized carbons (Fsp3) is 0.111. The van der Waals surface area contributed by atoms with Crippen LogP contribution in [0, 0.1) is 0 Å². The van der Waals surface area contributed by atoms with Gasteiger partial charge in [0, 0.05) is 26.6 Å². The molecule has 0 heterocycles. The average molecular weight is 463 g/mol. The molecule has 4 rings (SSSR count). The smallest absolute Gasteiger partial charge is 0.127 e. The van der Waals surface area contributed by atoms with Gasteiger partial charge in [-0.3, -0.25) is 0 Å². The van der Waals surface area contributed by atoms with Crippen molar-refractivity contribution < 1.29 is 9.47 Å². The van der Waals surface area contributed by atoms with E-state index >= 15 is 0 Å². The number of hydrogen-bond acceptors (Lipinski definition) is 4. The molecule has 0 radical (unpaired) electrons. The van der Waals surface area contributed by atoms with E-state index in [9.17, 15) is 0 Å². The molecule has 0 aliphatic heterocycles. The summed E-state index contributed by atoms with van der Waals surface area (Å²) in [4.78, 5) is 5.55. The SMILES string of the molecule is CC(C)(c1ccc(Oc2ccc(N=[N+]=[N-])cc2)cc1)c1ccc(Oc2ccc(N=[N+]=[N-])cc2)cc1. The molecule has 0 aliphatic rings. The molecule has 8 heteroatoms. The van der Waals surface area contributed by atoms with Crippen LogP contribution in [0.25, 0.3) is 20.9 Å². The molecule has 0 amide bonds. The molecule has 0 bridgehead atoms. The molecule has 0 N–H and O–H groups in total. The van der Waals surface area contributed by atoms with Crippen LogP contribution in [0.2, 0.25) is 0 Å². The summed E-state index contributed by atoms with van der Waals surface area (Å²) < 4.78 is 11.8. The van der Waals surface area contributed by atoms with E-state index in [1.165, 1.54) is 0 Å². The topological polar surface area (TPSA) is 116 Å². The van der Waals surface area contributed by atoms with Crippen molar-refractivity contribution in [1.29, 1.82) is 0 Å². The first kappa shape index (κ1) is 23.3. The number of ether oxygens (including phenoxy) is 2. The Morgan fingerprint density at radius 2 is 0.800 bits per heavy atom. The van der Waals surface area contributed by atoms with E-state index in [0.717, 1.165) is 22.6 Å². The maximum atomic E-state index is 8.50. The highest BCUT2D eigenvalue weighted by Gasteiger charge is 2.23. The molecule has 0 saturated carbocycles. The fourth-order valence-corrected chi connectivity index (χ4v) is 3.58. The lowest BCUT2D eigenvalue weighted by molar-refractivity contribution is 0.481. The third kappa shape index (κ3) is 5.72. The molecule has 172 valence electrons. The van der Waals surface area contributed by atoms with Crippen LogP contribution >= 0.6 is 0 Å². The van der Waals surface area contributed by atoms with Gasteiger partial charge < -0.3 is 9.47 Å². The third-order valence-electron chi connectivity index (χ3n) is 5.62. The van der Waals surface area contributed by atoms with E-state index in [1.807, 2.05) is 24.3 Å². The molecule has 0 spiro atoms. The predicted octanol–water partition coefficient (Wildman–Crippen LogP) is 9.48. The fourth-order valence-electron chi connectivity index (χ4n) is 3.58. The van der Waals surface area contributed by atoms with Crippen LogP contribution in [0.5, 0.6) is 23.0 Å². The summed E-state index contributed by atoms with van der Waals surface area (Å²) in [5, 5.41) is 7.12. The Balaban J connectivity index is 1.43. The standard InChI is InChI=1S/C27H22N6O2/c1-27(2,19-3-11-23(12-4-19)34-25-15-7-21(8-16-25)30-32-28)20-5-13-24(14-6-20)35-26-17-9-22(10-18-26)31-33-29/h3-18H,1-2H3. The molecule has 0 atom stereocenters. The Labute approximate surface area is 202 Å². The van der Waals surface area contributed by atoms with Crippen LogP contribution in [-0.4, -0.2) is 0 Å².